The van der Waals surface area contributed by atoms with E-state index in [2.05, 4.69) is 17.2 Å². The van der Waals surface area contributed by atoms with Crippen molar-refractivity contribution in [2.75, 3.05) is 11.9 Å². The predicted molar refractivity (Wildman–Crippen MR) is 68.5 cm³/mol. The van der Waals surface area contributed by atoms with Crippen molar-refractivity contribution in [1.29, 1.82) is 0 Å². The highest BCUT2D eigenvalue weighted by Gasteiger charge is 2.04. The standard InChI is InChI=1S/C14H16FNO2/c1-2-3-6-14(18)16-12-8-7-11(5-4-9-17)13(15)10-12/h7-8,10,17H,2-3,6,9H2,1H3,(H,16,18). The van der Waals surface area contributed by atoms with Crippen LogP contribution in [0.25, 0.3) is 0 Å². The van der Waals surface area contributed by atoms with Crippen LogP contribution in [0.1, 0.15) is 31.7 Å². The fourth-order valence-electron chi connectivity index (χ4n) is 1.39. The minimum atomic E-state index is -0.510. The molecule has 1 rings (SSSR count). The van der Waals surface area contributed by atoms with Gasteiger partial charge in [-0.1, -0.05) is 25.2 Å². The zero-order valence-electron chi connectivity index (χ0n) is 10.3. The van der Waals surface area contributed by atoms with Crippen molar-refractivity contribution >= 4 is 11.6 Å². The molecule has 0 radical (unpaired) electrons. The lowest BCUT2D eigenvalue weighted by atomic mass is 10.2. The summed E-state index contributed by atoms with van der Waals surface area (Å²) in [4.78, 5) is 11.4. The molecule has 0 saturated carbocycles. The Morgan fingerprint density at radius 1 is 1.50 bits per heavy atom. The number of rotatable bonds is 4. The molecule has 0 heterocycles. The number of halogens is 1. The number of anilines is 1. The molecule has 0 aliphatic rings. The summed E-state index contributed by atoms with van der Waals surface area (Å²) < 4.78 is 13.5. The number of unbranched alkanes of at least 4 members (excludes halogenated alkanes) is 1. The summed E-state index contributed by atoms with van der Waals surface area (Å²) in [5.74, 6) is 4.23. The highest BCUT2D eigenvalue weighted by molar-refractivity contribution is 5.90. The van der Waals surface area contributed by atoms with Gasteiger partial charge in [-0.25, -0.2) is 4.39 Å². The Labute approximate surface area is 106 Å². The van der Waals surface area contributed by atoms with E-state index in [0.29, 0.717) is 12.1 Å². The van der Waals surface area contributed by atoms with Crippen molar-refractivity contribution in [1.82, 2.24) is 0 Å². The van der Waals surface area contributed by atoms with Gasteiger partial charge >= 0.3 is 0 Å². The zero-order chi connectivity index (χ0) is 13.4. The summed E-state index contributed by atoms with van der Waals surface area (Å²) in [6.45, 7) is 1.69. The Kier molecular flexibility index (Phi) is 5.89. The van der Waals surface area contributed by atoms with Crippen molar-refractivity contribution in [2.45, 2.75) is 26.2 Å². The van der Waals surface area contributed by atoms with Gasteiger partial charge in [0.05, 0.1) is 5.56 Å². The summed E-state index contributed by atoms with van der Waals surface area (Å²) in [6.07, 6.45) is 2.19. The van der Waals surface area contributed by atoms with Gasteiger partial charge in [-0.3, -0.25) is 4.79 Å². The van der Waals surface area contributed by atoms with E-state index in [1.807, 2.05) is 6.92 Å². The number of benzene rings is 1. The molecule has 1 aromatic rings. The van der Waals surface area contributed by atoms with Crippen molar-refractivity contribution in [3.63, 3.8) is 0 Å². The fraction of sp³-hybridized carbons (Fsp3) is 0.357. The molecule has 0 spiro atoms. The van der Waals surface area contributed by atoms with Crippen LogP contribution in [0.5, 0.6) is 0 Å². The molecule has 0 aromatic heterocycles. The molecule has 0 aliphatic heterocycles. The third kappa shape index (κ3) is 4.56. The van der Waals surface area contributed by atoms with E-state index in [9.17, 15) is 9.18 Å². The maximum absolute atomic E-state index is 13.5. The first-order valence-corrected chi connectivity index (χ1v) is 5.86. The van der Waals surface area contributed by atoms with Gasteiger partial charge in [-0.15, -0.1) is 0 Å². The van der Waals surface area contributed by atoms with E-state index < -0.39 is 5.82 Å². The Bertz CT molecular complexity index is 474. The normalized spacial score (nSPS) is 9.50. The van der Waals surface area contributed by atoms with Gasteiger partial charge in [0.15, 0.2) is 0 Å². The minimum absolute atomic E-state index is 0.120. The van der Waals surface area contributed by atoms with Crippen LogP contribution in [-0.2, 0) is 4.79 Å². The van der Waals surface area contributed by atoms with E-state index in [1.54, 1.807) is 6.07 Å². The van der Waals surface area contributed by atoms with E-state index in [-0.39, 0.29) is 18.1 Å². The minimum Gasteiger partial charge on any atom is -0.384 e. The number of amides is 1. The van der Waals surface area contributed by atoms with E-state index in [0.717, 1.165) is 12.8 Å². The molecule has 0 aliphatic carbocycles. The van der Waals surface area contributed by atoms with Crippen molar-refractivity contribution < 1.29 is 14.3 Å². The molecule has 1 amide bonds. The maximum Gasteiger partial charge on any atom is 0.224 e. The van der Waals surface area contributed by atoms with Gasteiger partial charge in [0.1, 0.15) is 12.4 Å². The molecule has 0 fully saturated rings. The number of hydrogen-bond donors (Lipinski definition) is 2. The Morgan fingerprint density at radius 3 is 2.89 bits per heavy atom. The van der Waals surface area contributed by atoms with Crippen LogP contribution in [0.3, 0.4) is 0 Å². The number of aliphatic hydroxyl groups excluding tert-OH is 1. The van der Waals surface area contributed by atoms with E-state index in [1.165, 1.54) is 12.1 Å². The lowest BCUT2D eigenvalue weighted by molar-refractivity contribution is -0.116. The van der Waals surface area contributed by atoms with Crippen molar-refractivity contribution in [3.8, 4) is 11.8 Å². The summed E-state index contributed by atoms with van der Waals surface area (Å²) in [5.41, 5.74) is 0.624. The largest absolute Gasteiger partial charge is 0.384 e. The monoisotopic (exact) mass is 249 g/mol. The molecule has 0 unspecified atom stereocenters. The molecule has 3 nitrogen and oxygen atoms in total. The second kappa shape index (κ2) is 7.46. The van der Waals surface area contributed by atoms with Gasteiger partial charge < -0.3 is 10.4 Å². The molecule has 1 aromatic carbocycles. The van der Waals surface area contributed by atoms with E-state index >= 15 is 0 Å². The predicted octanol–water partition coefficient (Wildman–Crippen LogP) is 2.30. The highest BCUT2D eigenvalue weighted by Crippen LogP contribution is 2.14. The smallest absolute Gasteiger partial charge is 0.224 e. The number of carbonyl (C=O) groups is 1. The fourth-order valence-corrected chi connectivity index (χ4v) is 1.39. The van der Waals surface area contributed by atoms with Crippen LogP contribution < -0.4 is 5.32 Å². The summed E-state index contributed by atoms with van der Waals surface area (Å²) in [5, 5.41) is 11.1. The van der Waals surface area contributed by atoms with Gasteiger partial charge in [0.25, 0.3) is 0 Å². The van der Waals surface area contributed by atoms with Gasteiger partial charge in [0.2, 0.25) is 5.91 Å². The molecular weight excluding hydrogens is 233 g/mol. The Balaban J connectivity index is 2.69. The summed E-state index contributed by atoms with van der Waals surface area (Å²) in [6, 6.07) is 4.30. The van der Waals surface area contributed by atoms with E-state index in [4.69, 9.17) is 5.11 Å². The molecule has 0 atom stereocenters. The molecule has 96 valence electrons. The topological polar surface area (TPSA) is 49.3 Å². The first-order chi connectivity index (χ1) is 8.67. The Hall–Kier alpha value is -1.86. The number of carbonyl (C=O) groups excluding carboxylic acids is 1. The average molecular weight is 249 g/mol. The maximum atomic E-state index is 13.5. The molecule has 2 N–H and O–H groups in total. The molecule has 0 saturated heterocycles. The second-order valence-corrected chi connectivity index (χ2v) is 3.81. The molecule has 4 heteroatoms. The Morgan fingerprint density at radius 2 is 2.28 bits per heavy atom. The lowest BCUT2D eigenvalue weighted by Crippen LogP contribution is -2.11. The van der Waals surface area contributed by atoms with Gasteiger partial charge in [-0.2, -0.15) is 0 Å². The van der Waals surface area contributed by atoms with Crippen LogP contribution in [0, 0.1) is 17.7 Å². The third-order valence-electron chi connectivity index (χ3n) is 2.31. The molecular formula is C14H16FNO2. The first-order valence-electron chi connectivity index (χ1n) is 5.86. The SMILES string of the molecule is CCCCC(=O)Nc1ccc(C#CCO)c(F)c1. The lowest BCUT2D eigenvalue weighted by Gasteiger charge is -2.05. The van der Waals surface area contributed by atoms with Gasteiger partial charge in [-0.05, 0) is 24.6 Å². The summed E-state index contributed by atoms with van der Waals surface area (Å²) in [7, 11) is 0. The van der Waals surface area contributed by atoms with Crippen molar-refractivity contribution in [3.05, 3.63) is 29.6 Å². The second-order valence-electron chi connectivity index (χ2n) is 3.81. The van der Waals surface area contributed by atoms with Gasteiger partial charge in [0, 0.05) is 12.1 Å². The van der Waals surface area contributed by atoms with Crippen molar-refractivity contribution in [2.24, 2.45) is 0 Å². The number of nitrogens with one attached hydrogen (secondary N) is 1. The quantitative estimate of drug-likeness (QED) is 0.804. The summed E-state index contributed by atoms with van der Waals surface area (Å²) >= 11 is 0. The number of aliphatic hydroxyl groups is 1. The van der Waals surface area contributed by atoms with Crippen LogP contribution in [0.4, 0.5) is 10.1 Å². The number of hydrogen-bond acceptors (Lipinski definition) is 2. The van der Waals surface area contributed by atoms with Crippen LogP contribution in [0.2, 0.25) is 0 Å². The molecule has 0 bridgehead atoms. The van der Waals surface area contributed by atoms with Crippen LogP contribution >= 0.6 is 0 Å². The van der Waals surface area contributed by atoms with Crippen LogP contribution in [0.15, 0.2) is 18.2 Å². The highest BCUT2D eigenvalue weighted by atomic mass is 19.1. The average Bonchev–Trinajstić information content (AvgIpc) is 2.35. The third-order valence-corrected chi connectivity index (χ3v) is 2.31. The van der Waals surface area contributed by atoms with Crippen LogP contribution in [-0.4, -0.2) is 17.6 Å². The first kappa shape index (κ1) is 14.2. The zero-order valence-corrected chi connectivity index (χ0v) is 10.3. The molecule has 18 heavy (non-hydrogen) atoms.